The Kier molecular flexibility index (Phi) is 5.02. The zero-order chi connectivity index (χ0) is 14.8. The van der Waals surface area contributed by atoms with Gasteiger partial charge in [-0.15, -0.1) is 0 Å². The highest BCUT2D eigenvalue weighted by Gasteiger charge is 2.42. The van der Waals surface area contributed by atoms with Crippen molar-refractivity contribution >= 4 is 5.91 Å². The molecule has 0 aromatic heterocycles. The predicted molar refractivity (Wildman–Crippen MR) is 80.0 cm³/mol. The van der Waals surface area contributed by atoms with E-state index in [1.54, 1.807) is 0 Å². The van der Waals surface area contributed by atoms with Gasteiger partial charge in [-0.3, -0.25) is 9.69 Å². The molecule has 0 radical (unpaired) electrons. The number of nitrogens with zero attached hydrogens (tertiary/aromatic N) is 2. The Balaban J connectivity index is 2.68. The van der Waals surface area contributed by atoms with E-state index in [-0.39, 0.29) is 5.91 Å². The number of nitrogens with two attached hydrogens (primary N) is 1. The SMILES string of the molecule is CCN1CCCC1CN(C)C(=O)C(C)(C)C(C)(C)N. The Morgan fingerprint density at radius 3 is 2.42 bits per heavy atom. The van der Waals surface area contributed by atoms with Gasteiger partial charge >= 0.3 is 0 Å². The lowest BCUT2D eigenvalue weighted by atomic mass is 9.74. The Labute approximate surface area is 118 Å². The molecule has 1 heterocycles. The van der Waals surface area contributed by atoms with Gasteiger partial charge in [0.1, 0.15) is 0 Å². The predicted octanol–water partition coefficient (Wildman–Crippen LogP) is 1.69. The number of carbonyl (C=O) groups is 1. The van der Waals surface area contributed by atoms with Gasteiger partial charge in [-0.25, -0.2) is 0 Å². The van der Waals surface area contributed by atoms with E-state index in [0.29, 0.717) is 6.04 Å². The molecule has 0 spiro atoms. The van der Waals surface area contributed by atoms with Crippen LogP contribution in [0.3, 0.4) is 0 Å². The summed E-state index contributed by atoms with van der Waals surface area (Å²) in [5.41, 5.74) is 5.10. The number of carbonyl (C=O) groups excluding carboxylic acids is 1. The fourth-order valence-corrected chi connectivity index (χ4v) is 2.67. The van der Waals surface area contributed by atoms with Crippen LogP contribution in [0.1, 0.15) is 47.5 Å². The largest absolute Gasteiger partial charge is 0.344 e. The molecule has 4 nitrogen and oxygen atoms in total. The average molecular weight is 269 g/mol. The summed E-state index contributed by atoms with van der Waals surface area (Å²) >= 11 is 0. The molecule has 0 aromatic rings. The number of amides is 1. The van der Waals surface area contributed by atoms with E-state index < -0.39 is 11.0 Å². The van der Waals surface area contributed by atoms with Gasteiger partial charge < -0.3 is 10.6 Å². The van der Waals surface area contributed by atoms with Gasteiger partial charge in [0.2, 0.25) is 5.91 Å². The summed E-state index contributed by atoms with van der Waals surface area (Å²) in [5.74, 6) is 0.142. The summed E-state index contributed by atoms with van der Waals surface area (Å²) < 4.78 is 0. The minimum Gasteiger partial charge on any atom is -0.344 e. The van der Waals surface area contributed by atoms with Crippen molar-refractivity contribution in [1.82, 2.24) is 9.80 Å². The van der Waals surface area contributed by atoms with Gasteiger partial charge in [0.05, 0.1) is 5.41 Å². The van der Waals surface area contributed by atoms with Crippen LogP contribution >= 0.6 is 0 Å². The van der Waals surface area contributed by atoms with Crippen molar-refractivity contribution in [3.05, 3.63) is 0 Å². The molecular formula is C15H31N3O. The molecule has 0 aliphatic carbocycles. The van der Waals surface area contributed by atoms with E-state index in [9.17, 15) is 4.79 Å². The standard InChI is InChI=1S/C15H31N3O/c1-7-18-10-8-9-12(18)11-17(6)13(19)14(2,3)15(4,5)16/h12H,7-11,16H2,1-6H3. The third-order valence-corrected chi connectivity index (χ3v) is 4.88. The maximum Gasteiger partial charge on any atom is 0.229 e. The van der Waals surface area contributed by atoms with E-state index in [0.717, 1.165) is 19.6 Å². The third-order valence-electron chi connectivity index (χ3n) is 4.88. The van der Waals surface area contributed by atoms with Crippen molar-refractivity contribution in [3.63, 3.8) is 0 Å². The number of hydrogen-bond acceptors (Lipinski definition) is 3. The van der Waals surface area contributed by atoms with Crippen molar-refractivity contribution in [2.75, 3.05) is 26.7 Å². The Bertz CT molecular complexity index is 320. The van der Waals surface area contributed by atoms with Gasteiger partial charge in [-0.1, -0.05) is 6.92 Å². The van der Waals surface area contributed by atoms with Gasteiger partial charge in [-0.05, 0) is 53.6 Å². The van der Waals surface area contributed by atoms with Crippen LogP contribution in [0.5, 0.6) is 0 Å². The summed E-state index contributed by atoms with van der Waals surface area (Å²) in [7, 11) is 1.90. The topological polar surface area (TPSA) is 49.6 Å². The van der Waals surface area contributed by atoms with Gasteiger partial charge in [0.15, 0.2) is 0 Å². The van der Waals surface area contributed by atoms with Crippen LogP contribution in [-0.4, -0.2) is 54.0 Å². The molecule has 0 aromatic carbocycles. The van der Waals surface area contributed by atoms with Crippen molar-refractivity contribution < 1.29 is 4.79 Å². The van der Waals surface area contributed by atoms with Crippen LogP contribution in [-0.2, 0) is 4.79 Å². The summed E-state index contributed by atoms with van der Waals surface area (Å²) in [6, 6.07) is 0.510. The van der Waals surface area contributed by atoms with Crippen LogP contribution in [0, 0.1) is 5.41 Å². The maximum absolute atomic E-state index is 12.6. The van der Waals surface area contributed by atoms with Crippen LogP contribution in [0.15, 0.2) is 0 Å². The van der Waals surface area contributed by atoms with E-state index in [1.165, 1.54) is 12.8 Å². The van der Waals surface area contributed by atoms with Gasteiger partial charge in [-0.2, -0.15) is 0 Å². The molecule has 1 aliphatic rings. The Morgan fingerprint density at radius 1 is 1.37 bits per heavy atom. The second-order valence-corrected chi connectivity index (χ2v) is 6.96. The quantitative estimate of drug-likeness (QED) is 0.826. The molecule has 1 fully saturated rings. The lowest BCUT2D eigenvalue weighted by Crippen LogP contribution is -2.57. The van der Waals surface area contributed by atoms with E-state index in [1.807, 2.05) is 39.6 Å². The molecule has 1 saturated heterocycles. The number of hydrogen-bond donors (Lipinski definition) is 1. The molecule has 1 amide bonds. The summed E-state index contributed by atoms with van der Waals surface area (Å²) in [4.78, 5) is 17.0. The van der Waals surface area contributed by atoms with E-state index in [2.05, 4.69) is 11.8 Å². The van der Waals surface area contributed by atoms with Crippen molar-refractivity contribution in [2.45, 2.75) is 59.0 Å². The molecule has 1 rings (SSSR count). The smallest absolute Gasteiger partial charge is 0.229 e. The van der Waals surface area contributed by atoms with Crippen molar-refractivity contribution in [2.24, 2.45) is 11.1 Å². The highest BCUT2D eigenvalue weighted by molar-refractivity contribution is 5.83. The van der Waals surface area contributed by atoms with Crippen molar-refractivity contribution in [1.29, 1.82) is 0 Å². The van der Waals surface area contributed by atoms with Crippen LogP contribution in [0.25, 0.3) is 0 Å². The number of likely N-dealkylation sites (tertiary alicyclic amines) is 1. The molecule has 1 unspecified atom stereocenters. The van der Waals surface area contributed by atoms with Gasteiger partial charge in [0.25, 0.3) is 0 Å². The minimum atomic E-state index is -0.544. The highest BCUT2D eigenvalue weighted by atomic mass is 16.2. The second kappa shape index (κ2) is 5.80. The minimum absolute atomic E-state index is 0.142. The van der Waals surface area contributed by atoms with E-state index in [4.69, 9.17) is 5.73 Å². The molecule has 1 aliphatic heterocycles. The average Bonchev–Trinajstić information content (AvgIpc) is 2.73. The van der Waals surface area contributed by atoms with Crippen molar-refractivity contribution in [3.8, 4) is 0 Å². The van der Waals surface area contributed by atoms with Gasteiger partial charge in [0, 0.05) is 25.2 Å². The molecule has 0 saturated carbocycles. The first-order valence-electron chi connectivity index (χ1n) is 7.39. The molecular weight excluding hydrogens is 238 g/mol. The van der Waals surface area contributed by atoms with Crippen LogP contribution in [0.4, 0.5) is 0 Å². The van der Waals surface area contributed by atoms with Crippen LogP contribution < -0.4 is 5.73 Å². The summed E-state index contributed by atoms with van der Waals surface area (Å²) in [6.45, 7) is 13.0. The molecule has 4 heteroatoms. The molecule has 19 heavy (non-hydrogen) atoms. The normalized spacial score (nSPS) is 21.7. The molecule has 1 atom stereocenters. The summed E-state index contributed by atoms with van der Waals surface area (Å²) in [5, 5.41) is 0. The Hall–Kier alpha value is -0.610. The molecule has 112 valence electrons. The lowest BCUT2D eigenvalue weighted by molar-refractivity contribution is -0.142. The second-order valence-electron chi connectivity index (χ2n) is 6.96. The van der Waals surface area contributed by atoms with Crippen LogP contribution in [0.2, 0.25) is 0 Å². The zero-order valence-corrected chi connectivity index (χ0v) is 13.5. The lowest BCUT2D eigenvalue weighted by Gasteiger charge is -2.40. The Morgan fingerprint density at radius 2 is 1.95 bits per heavy atom. The number of likely N-dealkylation sites (N-methyl/N-ethyl adjacent to an activating group) is 2. The van der Waals surface area contributed by atoms with E-state index >= 15 is 0 Å². The number of rotatable bonds is 5. The molecule has 2 N–H and O–H groups in total. The molecule has 0 bridgehead atoms. The monoisotopic (exact) mass is 269 g/mol. The summed E-state index contributed by atoms with van der Waals surface area (Å²) in [6.07, 6.45) is 2.43. The highest BCUT2D eigenvalue weighted by Crippen LogP contribution is 2.30. The first-order valence-corrected chi connectivity index (χ1v) is 7.39. The fourth-order valence-electron chi connectivity index (χ4n) is 2.67. The first-order chi connectivity index (χ1) is 8.61. The zero-order valence-electron chi connectivity index (χ0n) is 13.5. The fraction of sp³-hybridized carbons (Fsp3) is 0.933. The maximum atomic E-state index is 12.6. The first kappa shape index (κ1) is 16.4. The third kappa shape index (κ3) is 3.48.